The largest absolute Gasteiger partial charge is 0.308 e. The van der Waals surface area contributed by atoms with Crippen molar-refractivity contribution in [2.75, 3.05) is 24.6 Å². The van der Waals surface area contributed by atoms with E-state index in [1.54, 1.807) is 0 Å². The second-order valence-electron chi connectivity index (χ2n) is 7.18. The van der Waals surface area contributed by atoms with Crippen molar-refractivity contribution in [2.24, 2.45) is 0 Å². The Hall–Kier alpha value is -0.130. The molecule has 2 atom stereocenters. The van der Waals surface area contributed by atoms with Crippen molar-refractivity contribution < 1.29 is 8.42 Å². The van der Waals surface area contributed by atoms with E-state index in [1.807, 2.05) is 0 Å². The van der Waals surface area contributed by atoms with Gasteiger partial charge < -0.3 is 5.32 Å². The molecule has 0 aromatic heterocycles. The third-order valence-electron chi connectivity index (χ3n) is 5.51. The van der Waals surface area contributed by atoms with Crippen molar-refractivity contribution in [2.45, 2.75) is 63.1 Å². The van der Waals surface area contributed by atoms with Gasteiger partial charge in [0.05, 0.1) is 11.5 Å². The normalized spacial score (nSPS) is 41.9. The van der Waals surface area contributed by atoms with Gasteiger partial charge >= 0.3 is 0 Å². The highest BCUT2D eigenvalue weighted by atomic mass is 32.2. The highest BCUT2D eigenvalue weighted by Gasteiger charge is 2.49. The molecule has 3 rings (SSSR count). The first-order valence-electron chi connectivity index (χ1n) is 7.57. The van der Waals surface area contributed by atoms with Crippen molar-refractivity contribution >= 4 is 9.84 Å². The molecule has 0 aromatic rings. The van der Waals surface area contributed by atoms with Crippen molar-refractivity contribution in [1.29, 1.82) is 0 Å². The van der Waals surface area contributed by atoms with Crippen LogP contribution >= 0.6 is 0 Å². The molecular weight excluding hydrogens is 260 g/mol. The van der Waals surface area contributed by atoms with Crippen LogP contribution in [0.15, 0.2) is 0 Å². The van der Waals surface area contributed by atoms with Gasteiger partial charge in [-0.25, -0.2) is 8.42 Å². The van der Waals surface area contributed by atoms with E-state index in [9.17, 15) is 8.42 Å². The van der Waals surface area contributed by atoms with Crippen LogP contribution in [0.4, 0.5) is 0 Å². The molecule has 5 heteroatoms. The van der Waals surface area contributed by atoms with E-state index >= 15 is 0 Å². The first-order valence-corrected chi connectivity index (χ1v) is 9.39. The van der Waals surface area contributed by atoms with Crippen LogP contribution in [0.3, 0.4) is 0 Å². The highest BCUT2D eigenvalue weighted by molar-refractivity contribution is 7.91. The lowest BCUT2D eigenvalue weighted by Gasteiger charge is -2.51. The third-order valence-corrected chi connectivity index (χ3v) is 7.40. The van der Waals surface area contributed by atoms with Gasteiger partial charge in [0.1, 0.15) is 0 Å². The minimum Gasteiger partial charge on any atom is -0.308 e. The van der Waals surface area contributed by atoms with Crippen molar-refractivity contribution in [3.8, 4) is 0 Å². The van der Waals surface area contributed by atoms with Crippen molar-refractivity contribution in [3.63, 3.8) is 0 Å². The summed E-state index contributed by atoms with van der Waals surface area (Å²) in [5, 5.41) is 3.74. The molecule has 4 nitrogen and oxygen atoms in total. The van der Waals surface area contributed by atoms with Crippen molar-refractivity contribution in [1.82, 2.24) is 10.2 Å². The van der Waals surface area contributed by atoms with Gasteiger partial charge in [0.25, 0.3) is 0 Å². The minimum atomic E-state index is -2.82. The third kappa shape index (κ3) is 2.45. The average Bonchev–Trinajstić information content (AvgIpc) is 2.89. The maximum absolute atomic E-state index is 11.9. The molecule has 3 aliphatic rings. The van der Waals surface area contributed by atoms with Crippen LogP contribution in [0, 0.1) is 0 Å². The van der Waals surface area contributed by atoms with Crippen LogP contribution in [-0.2, 0) is 9.84 Å². The number of hydrogen-bond acceptors (Lipinski definition) is 4. The molecule has 2 saturated heterocycles. The zero-order valence-corrected chi connectivity index (χ0v) is 12.9. The molecule has 0 radical (unpaired) electrons. The number of piperazine rings is 1. The maximum atomic E-state index is 11.9. The Morgan fingerprint density at radius 2 is 1.89 bits per heavy atom. The second kappa shape index (κ2) is 4.43. The zero-order chi connectivity index (χ0) is 13.7. The molecule has 0 amide bonds. The van der Waals surface area contributed by atoms with E-state index in [2.05, 4.69) is 24.1 Å². The summed E-state index contributed by atoms with van der Waals surface area (Å²) in [6.45, 7) is 6.41. The molecule has 2 heterocycles. The Morgan fingerprint density at radius 1 is 1.21 bits per heavy atom. The summed E-state index contributed by atoms with van der Waals surface area (Å²) in [6.07, 6.45) is 5.92. The maximum Gasteiger partial charge on any atom is 0.152 e. The van der Waals surface area contributed by atoms with Gasteiger partial charge in [-0.05, 0) is 33.1 Å². The topological polar surface area (TPSA) is 49.4 Å². The Morgan fingerprint density at radius 3 is 2.47 bits per heavy atom. The van der Waals surface area contributed by atoms with Crippen LogP contribution in [0.2, 0.25) is 0 Å². The van der Waals surface area contributed by atoms with Crippen LogP contribution in [0.1, 0.15) is 46.0 Å². The van der Waals surface area contributed by atoms with Gasteiger partial charge in [0.2, 0.25) is 0 Å². The molecule has 1 spiro atoms. The first kappa shape index (κ1) is 13.8. The number of rotatable bonds is 1. The van der Waals surface area contributed by atoms with Crippen molar-refractivity contribution in [3.05, 3.63) is 0 Å². The molecule has 2 unspecified atom stereocenters. The van der Waals surface area contributed by atoms with Gasteiger partial charge in [0, 0.05) is 30.2 Å². The molecule has 110 valence electrons. The van der Waals surface area contributed by atoms with Gasteiger partial charge in [-0.2, -0.15) is 0 Å². The number of nitrogens with one attached hydrogen (secondary N) is 1. The Labute approximate surface area is 116 Å². The summed E-state index contributed by atoms with van der Waals surface area (Å²) >= 11 is 0. The SMILES string of the molecule is CC1CNC2(CCCC2)CN1C1(C)CCS(=O)(=O)C1. The molecule has 3 fully saturated rings. The number of sulfone groups is 1. The van der Waals surface area contributed by atoms with E-state index < -0.39 is 9.84 Å². The Bertz CT molecular complexity index is 456. The summed E-state index contributed by atoms with van der Waals surface area (Å²) in [5.41, 5.74) is 0.123. The lowest BCUT2D eigenvalue weighted by molar-refractivity contribution is 0.0117. The predicted octanol–water partition coefficient (Wildman–Crippen LogP) is 1.17. The van der Waals surface area contributed by atoms with Crippen LogP contribution in [0.5, 0.6) is 0 Å². The minimum absolute atomic E-state index is 0.143. The Balaban J connectivity index is 1.82. The van der Waals surface area contributed by atoms with E-state index in [0.29, 0.717) is 17.5 Å². The summed E-state index contributed by atoms with van der Waals surface area (Å²) in [7, 11) is -2.82. The van der Waals surface area contributed by atoms with Gasteiger partial charge in [-0.1, -0.05) is 12.8 Å². The fraction of sp³-hybridized carbons (Fsp3) is 1.00. The lowest BCUT2D eigenvalue weighted by atomic mass is 9.87. The molecule has 0 bridgehead atoms. The van der Waals surface area contributed by atoms with Gasteiger partial charge in [-0.15, -0.1) is 0 Å². The molecule has 2 aliphatic heterocycles. The molecule has 1 aliphatic carbocycles. The molecule has 1 saturated carbocycles. The quantitative estimate of drug-likeness (QED) is 0.786. The lowest BCUT2D eigenvalue weighted by Crippen LogP contribution is -2.67. The van der Waals surface area contributed by atoms with Crippen LogP contribution in [-0.4, -0.2) is 55.0 Å². The number of hydrogen-bond donors (Lipinski definition) is 1. The predicted molar refractivity (Wildman–Crippen MR) is 77.0 cm³/mol. The van der Waals surface area contributed by atoms with Gasteiger partial charge in [-0.3, -0.25) is 4.90 Å². The molecular formula is C14H26N2O2S. The Kier molecular flexibility index (Phi) is 3.23. The fourth-order valence-electron chi connectivity index (χ4n) is 4.34. The van der Waals surface area contributed by atoms with Crippen LogP contribution in [0.25, 0.3) is 0 Å². The summed E-state index contributed by atoms with van der Waals surface area (Å²) < 4.78 is 23.7. The molecule has 1 N–H and O–H groups in total. The van der Waals surface area contributed by atoms with E-state index in [4.69, 9.17) is 0 Å². The zero-order valence-electron chi connectivity index (χ0n) is 12.1. The summed E-state index contributed by atoms with van der Waals surface area (Å²) in [4.78, 5) is 2.50. The van der Waals surface area contributed by atoms with E-state index in [1.165, 1.54) is 25.7 Å². The highest BCUT2D eigenvalue weighted by Crippen LogP contribution is 2.38. The smallest absolute Gasteiger partial charge is 0.152 e. The monoisotopic (exact) mass is 286 g/mol. The molecule has 19 heavy (non-hydrogen) atoms. The second-order valence-corrected chi connectivity index (χ2v) is 9.37. The summed E-state index contributed by atoms with van der Waals surface area (Å²) in [6, 6.07) is 0.435. The van der Waals surface area contributed by atoms with E-state index in [0.717, 1.165) is 19.5 Å². The first-order chi connectivity index (χ1) is 8.84. The average molecular weight is 286 g/mol. The standard InChI is InChI=1S/C14H26N2O2S/c1-12-9-15-14(5-3-4-6-14)10-16(12)13(2)7-8-19(17,18)11-13/h12,15H,3-11H2,1-2H3. The van der Waals surface area contributed by atoms with E-state index in [-0.39, 0.29) is 11.1 Å². The summed E-state index contributed by atoms with van der Waals surface area (Å²) in [5.74, 6) is 0.716. The fourth-order valence-corrected chi connectivity index (χ4v) is 6.49. The van der Waals surface area contributed by atoms with Gasteiger partial charge in [0.15, 0.2) is 9.84 Å². The van der Waals surface area contributed by atoms with Crippen LogP contribution < -0.4 is 5.32 Å². The number of nitrogens with zero attached hydrogens (tertiary/aromatic N) is 1. The molecule has 0 aromatic carbocycles.